The van der Waals surface area contributed by atoms with E-state index in [4.69, 9.17) is 0 Å². The summed E-state index contributed by atoms with van der Waals surface area (Å²) in [7, 11) is 0. The van der Waals surface area contributed by atoms with Crippen molar-refractivity contribution >= 4 is 0 Å². The summed E-state index contributed by atoms with van der Waals surface area (Å²) in [5, 5.41) is 3.11. The van der Waals surface area contributed by atoms with Crippen LogP contribution in [-0.2, 0) is 0 Å². The first kappa shape index (κ1) is 11.0. The highest BCUT2D eigenvalue weighted by molar-refractivity contribution is 4.66. The highest BCUT2D eigenvalue weighted by atomic mass is 14.8. The normalized spacial score (nSPS) is 16.6. The molecule has 0 aromatic carbocycles. The van der Waals surface area contributed by atoms with Crippen molar-refractivity contribution in [3.05, 3.63) is 0 Å². The minimum absolute atomic E-state index is 1.09. The Labute approximate surface area is 71.6 Å². The highest BCUT2D eigenvalue weighted by Crippen LogP contribution is 2.28. The first-order valence-electron chi connectivity index (χ1n) is 5.05. The zero-order valence-electron chi connectivity index (χ0n) is 8.32. The van der Waals surface area contributed by atoms with Gasteiger partial charge in [-0.25, -0.2) is 0 Å². The van der Waals surface area contributed by atoms with Crippen molar-refractivity contribution < 1.29 is 0 Å². The van der Waals surface area contributed by atoms with Crippen molar-refractivity contribution in [2.24, 2.45) is 5.92 Å². The van der Waals surface area contributed by atoms with Gasteiger partial charge in [-0.1, -0.05) is 46.5 Å². The van der Waals surface area contributed by atoms with E-state index in [1.54, 1.807) is 0 Å². The average Bonchev–Trinajstić information content (AvgIpc) is 1.88. The third-order valence-corrected chi connectivity index (χ3v) is 2.30. The Balaban J connectivity index is 0.000000187. The lowest BCUT2D eigenvalue weighted by Gasteiger charge is -2.22. The minimum atomic E-state index is 1.09. The summed E-state index contributed by atoms with van der Waals surface area (Å²) in [4.78, 5) is 0. The van der Waals surface area contributed by atoms with Crippen LogP contribution in [0.25, 0.3) is 0 Å². The number of hydrogen-bond donors (Lipinski definition) is 1. The van der Waals surface area contributed by atoms with Crippen molar-refractivity contribution in [2.75, 3.05) is 13.1 Å². The third kappa shape index (κ3) is 6.36. The lowest BCUT2D eigenvalue weighted by molar-refractivity contribution is 0.307. The molecule has 0 heterocycles. The summed E-state index contributed by atoms with van der Waals surface area (Å²) in [6.07, 6.45) is 5.94. The van der Waals surface area contributed by atoms with Gasteiger partial charge in [0.05, 0.1) is 0 Å². The summed E-state index contributed by atoms with van der Waals surface area (Å²) < 4.78 is 0. The Morgan fingerprint density at radius 1 is 1.09 bits per heavy atom. The second kappa shape index (κ2) is 8.06. The summed E-state index contributed by atoms with van der Waals surface area (Å²) in [6, 6.07) is 0. The van der Waals surface area contributed by atoms with E-state index < -0.39 is 0 Å². The van der Waals surface area contributed by atoms with Crippen molar-refractivity contribution in [1.82, 2.24) is 5.32 Å². The van der Waals surface area contributed by atoms with Crippen molar-refractivity contribution in [1.29, 1.82) is 0 Å². The Morgan fingerprint density at radius 2 is 1.64 bits per heavy atom. The fraction of sp³-hybridized carbons (Fsp3) is 1.00. The molecule has 0 aromatic rings. The van der Waals surface area contributed by atoms with Gasteiger partial charge in [-0.2, -0.15) is 0 Å². The SMILES string of the molecule is CCC1CCC1.CCNCC. The molecule has 1 saturated carbocycles. The van der Waals surface area contributed by atoms with E-state index in [1.807, 2.05) is 0 Å². The Bertz CT molecular complexity index is 62.5. The molecule has 11 heavy (non-hydrogen) atoms. The maximum atomic E-state index is 3.11. The van der Waals surface area contributed by atoms with E-state index in [-0.39, 0.29) is 0 Å². The molecule has 1 aliphatic carbocycles. The maximum absolute atomic E-state index is 3.11. The van der Waals surface area contributed by atoms with E-state index in [1.165, 1.54) is 25.7 Å². The molecule has 0 atom stereocenters. The molecule has 0 bridgehead atoms. The zero-order chi connectivity index (χ0) is 8.53. The number of nitrogens with one attached hydrogen (secondary N) is 1. The van der Waals surface area contributed by atoms with Crippen LogP contribution in [0.5, 0.6) is 0 Å². The summed E-state index contributed by atoms with van der Waals surface area (Å²) >= 11 is 0. The lowest BCUT2D eigenvalue weighted by atomic mass is 9.84. The summed E-state index contributed by atoms with van der Waals surface area (Å²) in [5.74, 6) is 1.12. The molecular weight excluding hydrogens is 134 g/mol. The van der Waals surface area contributed by atoms with Crippen LogP contribution in [0.15, 0.2) is 0 Å². The van der Waals surface area contributed by atoms with Gasteiger partial charge in [0.2, 0.25) is 0 Å². The standard InChI is InChI=1S/C6H12.C4H11N/c1-2-6-4-3-5-6;1-3-5-4-2/h6H,2-5H2,1H3;5H,3-4H2,1-2H3. The van der Waals surface area contributed by atoms with Gasteiger partial charge in [-0.3, -0.25) is 0 Å². The fourth-order valence-corrected chi connectivity index (χ4v) is 1.15. The second-order valence-electron chi connectivity index (χ2n) is 3.16. The molecule has 0 radical (unpaired) electrons. The monoisotopic (exact) mass is 157 g/mol. The second-order valence-corrected chi connectivity index (χ2v) is 3.16. The van der Waals surface area contributed by atoms with Crippen LogP contribution in [0.2, 0.25) is 0 Å². The molecule has 1 heteroatoms. The molecule has 1 nitrogen and oxygen atoms in total. The molecule has 1 N–H and O–H groups in total. The van der Waals surface area contributed by atoms with E-state index in [2.05, 4.69) is 26.1 Å². The largest absolute Gasteiger partial charge is 0.317 e. The predicted octanol–water partition coefficient (Wildman–Crippen LogP) is 2.81. The Hall–Kier alpha value is -0.0400. The van der Waals surface area contributed by atoms with E-state index >= 15 is 0 Å². The minimum Gasteiger partial charge on any atom is -0.317 e. The zero-order valence-corrected chi connectivity index (χ0v) is 8.32. The third-order valence-electron chi connectivity index (χ3n) is 2.30. The van der Waals surface area contributed by atoms with Gasteiger partial charge in [0.25, 0.3) is 0 Å². The lowest BCUT2D eigenvalue weighted by Crippen LogP contribution is -2.09. The number of hydrogen-bond acceptors (Lipinski definition) is 1. The van der Waals surface area contributed by atoms with Crippen LogP contribution in [0, 0.1) is 5.92 Å². The first-order valence-corrected chi connectivity index (χ1v) is 5.05. The maximum Gasteiger partial charge on any atom is -0.00775 e. The molecular formula is C10H23N. The molecule has 1 fully saturated rings. The molecule has 0 aromatic heterocycles. The number of rotatable bonds is 3. The van der Waals surface area contributed by atoms with Gasteiger partial charge >= 0.3 is 0 Å². The Morgan fingerprint density at radius 3 is 1.64 bits per heavy atom. The highest BCUT2D eigenvalue weighted by Gasteiger charge is 2.13. The van der Waals surface area contributed by atoms with Crippen molar-refractivity contribution in [3.63, 3.8) is 0 Å². The van der Waals surface area contributed by atoms with E-state index in [0.29, 0.717) is 0 Å². The summed E-state index contributed by atoms with van der Waals surface area (Å²) in [6.45, 7) is 8.67. The molecule has 1 aliphatic rings. The quantitative estimate of drug-likeness (QED) is 0.664. The molecule has 0 unspecified atom stereocenters. The molecule has 68 valence electrons. The van der Waals surface area contributed by atoms with E-state index in [9.17, 15) is 0 Å². The van der Waals surface area contributed by atoms with E-state index in [0.717, 1.165) is 19.0 Å². The molecule has 0 saturated heterocycles. The Kier molecular flexibility index (Phi) is 8.03. The van der Waals surface area contributed by atoms with Crippen LogP contribution in [0.1, 0.15) is 46.5 Å². The van der Waals surface area contributed by atoms with Crippen LogP contribution in [0.3, 0.4) is 0 Å². The van der Waals surface area contributed by atoms with Crippen LogP contribution >= 0.6 is 0 Å². The summed E-state index contributed by atoms with van der Waals surface area (Å²) in [5.41, 5.74) is 0. The topological polar surface area (TPSA) is 12.0 Å². The molecule has 0 spiro atoms. The van der Waals surface area contributed by atoms with Gasteiger partial charge in [0, 0.05) is 0 Å². The predicted molar refractivity (Wildman–Crippen MR) is 51.8 cm³/mol. The van der Waals surface area contributed by atoms with Crippen LogP contribution in [-0.4, -0.2) is 13.1 Å². The molecule has 1 rings (SSSR count). The van der Waals surface area contributed by atoms with Gasteiger partial charge in [-0.15, -0.1) is 0 Å². The first-order chi connectivity index (χ1) is 5.35. The van der Waals surface area contributed by atoms with Crippen LogP contribution in [0.4, 0.5) is 0 Å². The molecule has 0 aliphatic heterocycles. The van der Waals surface area contributed by atoms with Crippen molar-refractivity contribution in [3.8, 4) is 0 Å². The smallest absolute Gasteiger partial charge is 0.00775 e. The van der Waals surface area contributed by atoms with Gasteiger partial charge in [0.1, 0.15) is 0 Å². The van der Waals surface area contributed by atoms with Gasteiger partial charge in [-0.05, 0) is 19.0 Å². The van der Waals surface area contributed by atoms with Crippen LogP contribution < -0.4 is 5.32 Å². The van der Waals surface area contributed by atoms with Gasteiger partial charge < -0.3 is 5.32 Å². The average molecular weight is 157 g/mol. The van der Waals surface area contributed by atoms with Crippen molar-refractivity contribution in [2.45, 2.75) is 46.5 Å². The fourth-order valence-electron chi connectivity index (χ4n) is 1.15. The van der Waals surface area contributed by atoms with Gasteiger partial charge in [0.15, 0.2) is 0 Å². The molecule has 0 amide bonds.